The van der Waals surface area contributed by atoms with Crippen LogP contribution in [-0.2, 0) is 0 Å². The van der Waals surface area contributed by atoms with Crippen LogP contribution in [0.4, 0.5) is 0 Å². The Hall–Kier alpha value is -0.300. The lowest BCUT2D eigenvalue weighted by Gasteiger charge is -2.38. The van der Waals surface area contributed by atoms with Crippen molar-refractivity contribution in [2.24, 2.45) is 23.7 Å². The number of allylic oxidation sites excluding steroid dienone is 2. The monoisotopic (exact) mass is 210 g/mol. The number of rotatable bonds is 3. The zero-order chi connectivity index (χ0) is 11.6. The van der Waals surface area contributed by atoms with E-state index in [0.29, 0.717) is 11.8 Å². The van der Waals surface area contributed by atoms with Gasteiger partial charge in [0.05, 0.1) is 6.10 Å². The quantitative estimate of drug-likeness (QED) is 0.705. The Morgan fingerprint density at radius 1 is 1.20 bits per heavy atom. The van der Waals surface area contributed by atoms with Gasteiger partial charge in [-0.1, -0.05) is 32.4 Å². The molecule has 0 aromatic carbocycles. The summed E-state index contributed by atoms with van der Waals surface area (Å²) >= 11 is 0. The van der Waals surface area contributed by atoms with Gasteiger partial charge in [0.25, 0.3) is 0 Å². The average molecular weight is 210 g/mol. The largest absolute Gasteiger partial charge is 0.393 e. The molecule has 1 aliphatic rings. The topological polar surface area (TPSA) is 20.2 Å². The van der Waals surface area contributed by atoms with Crippen LogP contribution in [0.3, 0.4) is 0 Å². The molecule has 0 aromatic rings. The molecule has 1 heteroatoms. The fourth-order valence-corrected chi connectivity index (χ4v) is 2.82. The maximum atomic E-state index is 9.74. The summed E-state index contributed by atoms with van der Waals surface area (Å²) in [6.07, 6.45) is 4.58. The van der Waals surface area contributed by atoms with Crippen LogP contribution < -0.4 is 0 Å². The second-order valence-electron chi connectivity index (χ2n) is 5.66. The predicted molar refractivity (Wildman–Crippen MR) is 65.7 cm³/mol. The highest BCUT2D eigenvalue weighted by Gasteiger charge is 2.32. The lowest BCUT2D eigenvalue weighted by atomic mass is 9.68. The molecule has 0 radical (unpaired) electrons. The van der Waals surface area contributed by atoms with E-state index in [1.54, 1.807) is 0 Å². The summed E-state index contributed by atoms with van der Waals surface area (Å²) in [5.74, 6) is 2.55. The molecule has 4 unspecified atom stereocenters. The van der Waals surface area contributed by atoms with E-state index in [2.05, 4.69) is 33.8 Å². The first-order valence-electron chi connectivity index (χ1n) is 6.27. The van der Waals surface area contributed by atoms with Gasteiger partial charge in [-0.2, -0.15) is 0 Å². The molecule has 0 bridgehead atoms. The van der Waals surface area contributed by atoms with Crippen LogP contribution in [0, 0.1) is 23.7 Å². The third-order valence-electron chi connectivity index (χ3n) is 4.14. The standard InChI is InChI=1S/C14H26O/c1-9(2)13-7-6-10(3)8-14(13)11(4)12(5)15/h6,9,11-15H,7-8H2,1-5H3. The lowest BCUT2D eigenvalue weighted by molar-refractivity contribution is 0.0590. The summed E-state index contributed by atoms with van der Waals surface area (Å²) in [6, 6.07) is 0. The first-order chi connectivity index (χ1) is 6.93. The van der Waals surface area contributed by atoms with Crippen molar-refractivity contribution in [3.05, 3.63) is 11.6 Å². The minimum atomic E-state index is -0.179. The molecular weight excluding hydrogens is 184 g/mol. The minimum absolute atomic E-state index is 0.179. The summed E-state index contributed by atoms with van der Waals surface area (Å²) < 4.78 is 0. The fourth-order valence-electron chi connectivity index (χ4n) is 2.82. The van der Waals surface area contributed by atoms with Crippen molar-refractivity contribution in [2.75, 3.05) is 0 Å². The Bertz CT molecular complexity index is 227. The molecule has 88 valence electrons. The molecule has 1 aliphatic carbocycles. The van der Waals surface area contributed by atoms with E-state index >= 15 is 0 Å². The van der Waals surface area contributed by atoms with Crippen molar-refractivity contribution < 1.29 is 5.11 Å². The molecule has 0 fully saturated rings. The number of aliphatic hydroxyl groups is 1. The normalized spacial score (nSPS) is 31.3. The van der Waals surface area contributed by atoms with Crippen LogP contribution in [0.15, 0.2) is 11.6 Å². The van der Waals surface area contributed by atoms with Crippen molar-refractivity contribution in [2.45, 2.75) is 53.6 Å². The molecule has 1 rings (SSSR count). The maximum absolute atomic E-state index is 9.74. The summed E-state index contributed by atoms with van der Waals surface area (Å²) in [5.41, 5.74) is 1.50. The Morgan fingerprint density at radius 2 is 1.80 bits per heavy atom. The van der Waals surface area contributed by atoms with Crippen LogP contribution in [0.1, 0.15) is 47.5 Å². The van der Waals surface area contributed by atoms with Gasteiger partial charge >= 0.3 is 0 Å². The van der Waals surface area contributed by atoms with Gasteiger partial charge in [0, 0.05) is 0 Å². The summed E-state index contributed by atoms with van der Waals surface area (Å²) in [5, 5.41) is 9.74. The molecule has 4 atom stereocenters. The Labute approximate surface area is 94.6 Å². The zero-order valence-electron chi connectivity index (χ0n) is 10.8. The van der Waals surface area contributed by atoms with Gasteiger partial charge in [-0.25, -0.2) is 0 Å². The molecule has 0 aliphatic heterocycles. The molecule has 0 aromatic heterocycles. The molecule has 1 N–H and O–H groups in total. The molecule has 0 spiro atoms. The first-order valence-corrected chi connectivity index (χ1v) is 6.27. The second kappa shape index (κ2) is 5.16. The third kappa shape index (κ3) is 3.07. The second-order valence-corrected chi connectivity index (χ2v) is 5.66. The number of hydrogen-bond donors (Lipinski definition) is 1. The van der Waals surface area contributed by atoms with Gasteiger partial charge in [-0.05, 0) is 50.4 Å². The first kappa shape index (κ1) is 12.8. The van der Waals surface area contributed by atoms with Gasteiger partial charge in [0.1, 0.15) is 0 Å². The zero-order valence-corrected chi connectivity index (χ0v) is 10.8. The van der Waals surface area contributed by atoms with Crippen molar-refractivity contribution in [3.63, 3.8) is 0 Å². The van der Waals surface area contributed by atoms with E-state index in [0.717, 1.165) is 11.8 Å². The molecule has 15 heavy (non-hydrogen) atoms. The van der Waals surface area contributed by atoms with Crippen LogP contribution >= 0.6 is 0 Å². The molecule has 0 saturated carbocycles. The minimum Gasteiger partial charge on any atom is -0.393 e. The number of aliphatic hydroxyl groups excluding tert-OH is 1. The van der Waals surface area contributed by atoms with Crippen molar-refractivity contribution >= 4 is 0 Å². The lowest BCUT2D eigenvalue weighted by Crippen LogP contribution is -2.33. The fraction of sp³-hybridized carbons (Fsp3) is 0.857. The third-order valence-corrected chi connectivity index (χ3v) is 4.14. The average Bonchev–Trinajstić information content (AvgIpc) is 2.15. The van der Waals surface area contributed by atoms with E-state index in [9.17, 15) is 5.11 Å². The van der Waals surface area contributed by atoms with Gasteiger partial charge in [-0.3, -0.25) is 0 Å². The smallest absolute Gasteiger partial charge is 0.0540 e. The molecule has 0 saturated heterocycles. The van der Waals surface area contributed by atoms with E-state index in [1.807, 2.05) is 6.92 Å². The van der Waals surface area contributed by atoms with E-state index in [4.69, 9.17) is 0 Å². The van der Waals surface area contributed by atoms with E-state index in [-0.39, 0.29) is 6.10 Å². The summed E-state index contributed by atoms with van der Waals surface area (Å²) in [7, 11) is 0. The van der Waals surface area contributed by atoms with Crippen LogP contribution in [0.5, 0.6) is 0 Å². The molecule has 0 heterocycles. The molecule has 1 nitrogen and oxygen atoms in total. The SMILES string of the molecule is CC1=CCC(C(C)C)C(C(C)C(C)O)C1. The van der Waals surface area contributed by atoms with Crippen LogP contribution in [-0.4, -0.2) is 11.2 Å². The predicted octanol–water partition coefficient (Wildman–Crippen LogP) is 3.63. The number of hydrogen-bond acceptors (Lipinski definition) is 1. The summed E-state index contributed by atoms with van der Waals surface area (Å²) in [4.78, 5) is 0. The molecule has 0 amide bonds. The van der Waals surface area contributed by atoms with Crippen molar-refractivity contribution in [3.8, 4) is 0 Å². The van der Waals surface area contributed by atoms with Crippen molar-refractivity contribution in [1.29, 1.82) is 0 Å². The van der Waals surface area contributed by atoms with Gasteiger partial charge < -0.3 is 5.11 Å². The Kier molecular flexibility index (Phi) is 4.39. The Morgan fingerprint density at radius 3 is 2.27 bits per heavy atom. The highest BCUT2D eigenvalue weighted by molar-refractivity contribution is 5.07. The van der Waals surface area contributed by atoms with Crippen molar-refractivity contribution in [1.82, 2.24) is 0 Å². The highest BCUT2D eigenvalue weighted by Crippen LogP contribution is 2.39. The summed E-state index contributed by atoms with van der Waals surface area (Å²) in [6.45, 7) is 11.0. The van der Waals surface area contributed by atoms with Gasteiger partial charge in [0.2, 0.25) is 0 Å². The van der Waals surface area contributed by atoms with Crippen LogP contribution in [0.25, 0.3) is 0 Å². The van der Waals surface area contributed by atoms with Gasteiger partial charge in [-0.15, -0.1) is 0 Å². The van der Waals surface area contributed by atoms with E-state index in [1.165, 1.54) is 18.4 Å². The highest BCUT2D eigenvalue weighted by atomic mass is 16.3. The van der Waals surface area contributed by atoms with E-state index < -0.39 is 0 Å². The van der Waals surface area contributed by atoms with Crippen LogP contribution in [0.2, 0.25) is 0 Å². The molecular formula is C14H26O. The Balaban J connectivity index is 2.78. The van der Waals surface area contributed by atoms with Gasteiger partial charge in [0.15, 0.2) is 0 Å². The maximum Gasteiger partial charge on any atom is 0.0540 e.